The summed E-state index contributed by atoms with van der Waals surface area (Å²) in [5, 5.41) is 0. The van der Waals surface area contributed by atoms with E-state index in [1.54, 1.807) is 7.11 Å². The Morgan fingerprint density at radius 3 is 1.00 bits per heavy atom. The molecule has 0 spiro atoms. The Labute approximate surface area is 286 Å². The second-order valence-corrected chi connectivity index (χ2v) is 13.6. The molecular weight excluding hydrogens is 574 g/mol. The molecule has 0 bridgehead atoms. The van der Waals surface area contributed by atoms with Crippen molar-refractivity contribution in [3.8, 4) is 0 Å². The Kier molecular flexibility index (Phi) is 37.4. The van der Waals surface area contributed by atoms with Crippen molar-refractivity contribution in [2.24, 2.45) is 0 Å². The van der Waals surface area contributed by atoms with Crippen LogP contribution in [0.1, 0.15) is 200 Å². The summed E-state index contributed by atoms with van der Waals surface area (Å²) in [7, 11) is 1.70. The second kappa shape index (κ2) is 38.3. The number of carbonyl (C=O) groups excluding carboxylic acids is 2. The van der Waals surface area contributed by atoms with Gasteiger partial charge in [0.15, 0.2) is 0 Å². The predicted molar refractivity (Wildman–Crippen MR) is 195 cm³/mol. The number of unbranched alkanes of at least 4 members (excludes halogenated alkanes) is 24. The maximum absolute atomic E-state index is 12.3. The number of hydrogen-bond donors (Lipinski definition) is 0. The van der Waals surface area contributed by atoms with E-state index in [0.29, 0.717) is 45.8 Å². The van der Waals surface area contributed by atoms with E-state index < -0.39 is 0 Å². The second-order valence-electron chi connectivity index (χ2n) is 13.6. The minimum Gasteiger partial charge on any atom is -0.466 e. The zero-order chi connectivity index (χ0) is 33.6. The molecule has 0 saturated heterocycles. The molecule has 0 N–H and O–H groups in total. The highest BCUT2D eigenvalue weighted by molar-refractivity contribution is 5.70. The normalized spacial score (nSPS) is 11.4. The zero-order valence-electron chi connectivity index (χ0n) is 31.2. The molecule has 0 heterocycles. The quantitative estimate of drug-likeness (QED) is 0.0488. The summed E-state index contributed by atoms with van der Waals surface area (Å²) in [4.78, 5) is 26.8. The fourth-order valence-corrected chi connectivity index (χ4v) is 6.02. The minimum atomic E-state index is -0.138. The smallest absolute Gasteiger partial charge is 0.307 e. The monoisotopic (exact) mass is 654 g/mol. The van der Waals surface area contributed by atoms with Crippen LogP contribution in [-0.4, -0.2) is 63.4 Å². The van der Waals surface area contributed by atoms with E-state index in [4.69, 9.17) is 14.2 Å². The molecule has 0 radical (unpaired) electrons. The van der Waals surface area contributed by atoms with E-state index in [2.05, 4.69) is 18.7 Å². The van der Waals surface area contributed by atoms with E-state index >= 15 is 0 Å². The molecular formula is C40H79NO5. The summed E-state index contributed by atoms with van der Waals surface area (Å²) >= 11 is 0. The van der Waals surface area contributed by atoms with E-state index in [1.165, 1.54) is 141 Å². The molecule has 0 amide bonds. The van der Waals surface area contributed by atoms with Gasteiger partial charge in [0.2, 0.25) is 0 Å². The lowest BCUT2D eigenvalue weighted by Gasteiger charge is -2.21. The molecule has 0 fully saturated rings. The molecule has 0 aromatic rings. The fraction of sp³-hybridized carbons (Fsp3) is 0.950. The molecule has 274 valence electrons. The summed E-state index contributed by atoms with van der Waals surface area (Å²) in [5.41, 5.74) is 0. The number of carbonyl (C=O) groups is 2. The first-order chi connectivity index (χ1) is 22.6. The van der Waals surface area contributed by atoms with E-state index in [-0.39, 0.29) is 11.9 Å². The van der Waals surface area contributed by atoms with Crippen LogP contribution in [0.3, 0.4) is 0 Å². The van der Waals surface area contributed by atoms with Gasteiger partial charge in [-0.2, -0.15) is 0 Å². The summed E-state index contributed by atoms with van der Waals surface area (Å²) < 4.78 is 16.2. The molecule has 0 aliphatic heterocycles. The van der Waals surface area contributed by atoms with Crippen LogP contribution in [0.25, 0.3) is 0 Å². The van der Waals surface area contributed by atoms with Crippen LogP contribution < -0.4 is 0 Å². The molecule has 6 heteroatoms. The molecule has 0 rings (SSSR count). The lowest BCUT2D eigenvalue weighted by molar-refractivity contribution is -0.144. The Morgan fingerprint density at radius 1 is 0.391 bits per heavy atom. The number of methoxy groups -OCH3 is 1. The molecule has 0 saturated carbocycles. The van der Waals surface area contributed by atoms with E-state index in [0.717, 1.165) is 38.6 Å². The number of esters is 2. The molecule has 6 nitrogen and oxygen atoms in total. The molecule has 0 aromatic carbocycles. The molecule has 0 aliphatic rings. The minimum absolute atomic E-state index is 0.138. The van der Waals surface area contributed by atoms with Crippen molar-refractivity contribution in [1.82, 2.24) is 4.90 Å². The van der Waals surface area contributed by atoms with Crippen LogP contribution >= 0.6 is 0 Å². The van der Waals surface area contributed by atoms with Crippen molar-refractivity contribution in [2.75, 3.05) is 46.6 Å². The summed E-state index contributed by atoms with van der Waals surface area (Å²) in [6, 6.07) is 0. The molecule has 0 aliphatic carbocycles. The third-order valence-electron chi connectivity index (χ3n) is 9.11. The van der Waals surface area contributed by atoms with Crippen molar-refractivity contribution in [3.63, 3.8) is 0 Å². The number of ether oxygens (including phenoxy) is 3. The van der Waals surface area contributed by atoms with Crippen molar-refractivity contribution >= 4 is 11.9 Å². The number of rotatable bonds is 38. The van der Waals surface area contributed by atoms with Gasteiger partial charge >= 0.3 is 11.9 Å². The van der Waals surface area contributed by atoms with Gasteiger partial charge in [0.25, 0.3) is 0 Å². The van der Waals surface area contributed by atoms with Gasteiger partial charge in [0, 0.05) is 33.4 Å². The van der Waals surface area contributed by atoms with Gasteiger partial charge in [0.1, 0.15) is 0 Å². The van der Waals surface area contributed by atoms with Gasteiger partial charge in [-0.25, -0.2) is 0 Å². The van der Waals surface area contributed by atoms with E-state index in [9.17, 15) is 9.59 Å². The van der Waals surface area contributed by atoms with Crippen molar-refractivity contribution in [3.05, 3.63) is 0 Å². The van der Waals surface area contributed by atoms with Gasteiger partial charge in [-0.05, 0) is 19.3 Å². The Hall–Kier alpha value is -1.14. The first kappa shape index (κ1) is 44.9. The third kappa shape index (κ3) is 35.7. The Morgan fingerprint density at radius 2 is 0.696 bits per heavy atom. The Bertz CT molecular complexity index is 581. The Balaban J connectivity index is 3.77. The highest BCUT2D eigenvalue weighted by Gasteiger charge is 2.12. The number of nitrogens with zero attached hydrogens (tertiary/aromatic N) is 1. The van der Waals surface area contributed by atoms with Crippen LogP contribution in [0.4, 0.5) is 0 Å². The summed E-state index contributed by atoms with van der Waals surface area (Å²) in [6.45, 7) is 8.26. The summed E-state index contributed by atoms with van der Waals surface area (Å²) in [6.07, 6.45) is 35.6. The lowest BCUT2D eigenvalue weighted by atomic mass is 10.0. The first-order valence-corrected chi connectivity index (χ1v) is 20.2. The SMILES string of the molecule is CCCCCCCCCCCCCCCOC(=O)CCN(CCCOC)CCC(=O)OCCCCCCCCCCCCCCC. The van der Waals surface area contributed by atoms with Gasteiger partial charge in [0.05, 0.1) is 26.1 Å². The molecule has 0 aromatic heterocycles. The van der Waals surface area contributed by atoms with Crippen molar-refractivity contribution < 1.29 is 23.8 Å². The highest BCUT2D eigenvalue weighted by atomic mass is 16.5. The highest BCUT2D eigenvalue weighted by Crippen LogP contribution is 2.14. The standard InChI is InChI=1S/C40H79NO5/c1-4-6-8-10-12-14-16-18-20-22-24-26-28-37-45-39(42)31-34-41(33-30-36-44-3)35-32-40(43)46-38-29-27-25-23-21-19-17-15-13-11-9-7-5-2/h4-38H2,1-3H3. The van der Waals surface area contributed by atoms with E-state index in [1.807, 2.05) is 0 Å². The topological polar surface area (TPSA) is 65.1 Å². The van der Waals surface area contributed by atoms with Crippen LogP contribution in [0.2, 0.25) is 0 Å². The molecule has 0 unspecified atom stereocenters. The fourth-order valence-electron chi connectivity index (χ4n) is 6.02. The zero-order valence-corrected chi connectivity index (χ0v) is 31.2. The molecule has 0 atom stereocenters. The average Bonchev–Trinajstić information content (AvgIpc) is 3.06. The maximum atomic E-state index is 12.3. The molecule has 46 heavy (non-hydrogen) atoms. The van der Waals surface area contributed by atoms with Gasteiger partial charge in [-0.1, -0.05) is 168 Å². The lowest BCUT2D eigenvalue weighted by Crippen LogP contribution is -2.31. The van der Waals surface area contributed by atoms with Gasteiger partial charge in [-0.3, -0.25) is 9.59 Å². The van der Waals surface area contributed by atoms with Gasteiger partial charge in [-0.15, -0.1) is 0 Å². The average molecular weight is 654 g/mol. The maximum Gasteiger partial charge on any atom is 0.307 e. The third-order valence-corrected chi connectivity index (χ3v) is 9.11. The summed E-state index contributed by atoms with van der Waals surface area (Å²) in [5.74, 6) is -0.277. The van der Waals surface area contributed by atoms with Crippen molar-refractivity contribution in [2.45, 2.75) is 200 Å². The predicted octanol–water partition coefficient (Wildman–Crippen LogP) is 11.4. The van der Waals surface area contributed by atoms with Gasteiger partial charge < -0.3 is 19.1 Å². The first-order valence-electron chi connectivity index (χ1n) is 20.2. The van der Waals surface area contributed by atoms with Crippen LogP contribution in [-0.2, 0) is 23.8 Å². The van der Waals surface area contributed by atoms with Crippen LogP contribution in [0.15, 0.2) is 0 Å². The van der Waals surface area contributed by atoms with Crippen LogP contribution in [0.5, 0.6) is 0 Å². The number of hydrogen-bond acceptors (Lipinski definition) is 6. The van der Waals surface area contributed by atoms with Crippen LogP contribution in [0, 0.1) is 0 Å². The van der Waals surface area contributed by atoms with Crippen molar-refractivity contribution in [1.29, 1.82) is 0 Å². The largest absolute Gasteiger partial charge is 0.466 e.